The summed E-state index contributed by atoms with van der Waals surface area (Å²) < 4.78 is 0. The van der Waals surface area contributed by atoms with Crippen LogP contribution in [0.3, 0.4) is 0 Å². The SMILES string of the molecule is Cc1csc(/C(C#N)=C\c2ccncc2)n1. The van der Waals surface area contributed by atoms with Crippen molar-refractivity contribution in [1.29, 1.82) is 5.26 Å². The molecular formula is C12H9N3S. The Balaban J connectivity index is 2.38. The lowest BCUT2D eigenvalue weighted by Crippen LogP contribution is -1.81. The van der Waals surface area contributed by atoms with Gasteiger partial charge in [0.25, 0.3) is 0 Å². The molecule has 0 aromatic carbocycles. The Morgan fingerprint density at radius 2 is 2.19 bits per heavy atom. The van der Waals surface area contributed by atoms with E-state index in [2.05, 4.69) is 16.0 Å². The molecule has 0 saturated heterocycles. The molecule has 0 N–H and O–H groups in total. The van der Waals surface area contributed by atoms with E-state index in [9.17, 15) is 0 Å². The molecule has 0 saturated carbocycles. The first kappa shape index (κ1) is 10.5. The highest BCUT2D eigenvalue weighted by atomic mass is 32.1. The zero-order valence-corrected chi connectivity index (χ0v) is 9.53. The summed E-state index contributed by atoms with van der Waals surface area (Å²) in [4.78, 5) is 8.22. The molecule has 4 heteroatoms. The predicted molar refractivity (Wildman–Crippen MR) is 64.6 cm³/mol. The molecule has 0 unspecified atom stereocenters. The fraction of sp³-hybridized carbons (Fsp3) is 0.0833. The minimum atomic E-state index is 0.587. The second-order valence-corrected chi connectivity index (χ2v) is 4.10. The summed E-state index contributed by atoms with van der Waals surface area (Å²) in [7, 11) is 0. The minimum Gasteiger partial charge on any atom is -0.265 e. The van der Waals surface area contributed by atoms with Crippen LogP contribution < -0.4 is 0 Å². The summed E-state index contributed by atoms with van der Waals surface area (Å²) in [5.74, 6) is 0. The largest absolute Gasteiger partial charge is 0.265 e. The molecule has 2 aromatic rings. The van der Waals surface area contributed by atoms with Crippen LogP contribution in [0.5, 0.6) is 0 Å². The molecular weight excluding hydrogens is 218 g/mol. The number of nitriles is 1. The molecule has 16 heavy (non-hydrogen) atoms. The van der Waals surface area contributed by atoms with Crippen LogP contribution in [0.2, 0.25) is 0 Å². The van der Waals surface area contributed by atoms with Crippen LogP contribution in [0.4, 0.5) is 0 Å². The average molecular weight is 227 g/mol. The van der Waals surface area contributed by atoms with E-state index in [1.807, 2.05) is 30.5 Å². The van der Waals surface area contributed by atoms with Crippen molar-refractivity contribution in [2.24, 2.45) is 0 Å². The lowest BCUT2D eigenvalue weighted by Gasteiger charge is -1.93. The van der Waals surface area contributed by atoms with Crippen molar-refractivity contribution in [3.63, 3.8) is 0 Å². The molecule has 78 valence electrons. The second kappa shape index (κ2) is 4.69. The molecule has 0 fully saturated rings. The molecule has 3 nitrogen and oxygen atoms in total. The molecule has 2 rings (SSSR count). The van der Waals surface area contributed by atoms with E-state index in [1.165, 1.54) is 11.3 Å². The highest BCUT2D eigenvalue weighted by Gasteiger charge is 2.04. The zero-order valence-electron chi connectivity index (χ0n) is 8.71. The van der Waals surface area contributed by atoms with Crippen LogP contribution in [-0.4, -0.2) is 9.97 Å². The number of aryl methyl sites for hydroxylation is 1. The highest BCUT2D eigenvalue weighted by molar-refractivity contribution is 7.11. The van der Waals surface area contributed by atoms with Gasteiger partial charge in [-0.15, -0.1) is 11.3 Å². The normalized spacial score (nSPS) is 11.1. The first-order valence-corrected chi connectivity index (χ1v) is 5.62. The molecule has 0 bridgehead atoms. The number of allylic oxidation sites excluding steroid dienone is 1. The van der Waals surface area contributed by atoms with E-state index in [-0.39, 0.29) is 0 Å². The van der Waals surface area contributed by atoms with Crippen molar-refractivity contribution in [3.05, 3.63) is 46.2 Å². The van der Waals surface area contributed by atoms with Crippen LogP contribution >= 0.6 is 11.3 Å². The second-order valence-electron chi connectivity index (χ2n) is 3.24. The fourth-order valence-corrected chi connectivity index (χ4v) is 2.01. The van der Waals surface area contributed by atoms with E-state index in [4.69, 9.17) is 5.26 Å². The van der Waals surface area contributed by atoms with Gasteiger partial charge in [-0.2, -0.15) is 5.26 Å². The van der Waals surface area contributed by atoms with Crippen molar-refractivity contribution in [2.45, 2.75) is 6.92 Å². The van der Waals surface area contributed by atoms with Gasteiger partial charge >= 0.3 is 0 Å². The average Bonchev–Trinajstić information content (AvgIpc) is 2.74. The smallest absolute Gasteiger partial charge is 0.134 e. The number of aromatic nitrogens is 2. The standard InChI is InChI=1S/C12H9N3S/c1-9-8-16-12(15-9)11(7-13)6-10-2-4-14-5-3-10/h2-6,8H,1H3/b11-6-. The summed E-state index contributed by atoms with van der Waals surface area (Å²) in [6.07, 6.45) is 5.22. The van der Waals surface area contributed by atoms with Gasteiger partial charge in [0.05, 0.1) is 5.57 Å². The van der Waals surface area contributed by atoms with Crippen molar-refractivity contribution in [1.82, 2.24) is 9.97 Å². The maximum absolute atomic E-state index is 9.08. The lowest BCUT2D eigenvalue weighted by atomic mass is 10.2. The molecule has 0 amide bonds. The van der Waals surface area contributed by atoms with Crippen molar-refractivity contribution >= 4 is 23.0 Å². The van der Waals surface area contributed by atoms with E-state index in [0.717, 1.165) is 16.3 Å². The third kappa shape index (κ3) is 2.33. The Labute approximate surface area is 97.7 Å². The van der Waals surface area contributed by atoms with Crippen LogP contribution in [0, 0.1) is 18.3 Å². The van der Waals surface area contributed by atoms with Gasteiger partial charge in [-0.1, -0.05) is 0 Å². The molecule has 0 spiro atoms. The summed E-state index contributed by atoms with van der Waals surface area (Å²) >= 11 is 1.48. The Hall–Kier alpha value is -1.99. The monoisotopic (exact) mass is 227 g/mol. The van der Waals surface area contributed by atoms with E-state index < -0.39 is 0 Å². The van der Waals surface area contributed by atoms with Gasteiger partial charge in [0.15, 0.2) is 0 Å². The van der Waals surface area contributed by atoms with E-state index in [1.54, 1.807) is 12.4 Å². The van der Waals surface area contributed by atoms with Gasteiger partial charge in [0.2, 0.25) is 0 Å². The van der Waals surface area contributed by atoms with Crippen LogP contribution in [0.15, 0.2) is 29.9 Å². The number of nitrogens with zero attached hydrogens (tertiary/aromatic N) is 3. The van der Waals surface area contributed by atoms with Gasteiger partial charge in [-0.3, -0.25) is 4.98 Å². The van der Waals surface area contributed by atoms with Crippen LogP contribution in [0.25, 0.3) is 11.6 Å². The molecule has 0 atom stereocenters. The quantitative estimate of drug-likeness (QED) is 0.741. The van der Waals surface area contributed by atoms with Gasteiger partial charge in [0.1, 0.15) is 11.1 Å². The van der Waals surface area contributed by atoms with Gasteiger partial charge in [-0.05, 0) is 30.7 Å². The first-order chi connectivity index (χ1) is 7.79. The fourth-order valence-electron chi connectivity index (χ4n) is 1.25. The molecule has 0 aliphatic heterocycles. The molecule has 0 aliphatic carbocycles. The zero-order chi connectivity index (χ0) is 11.4. The van der Waals surface area contributed by atoms with Crippen molar-refractivity contribution in [3.8, 4) is 6.07 Å². The summed E-state index contributed by atoms with van der Waals surface area (Å²) in [6.45, 7) is 1.92. The summed E-state index contributed by atoms with van der Waals surface area (Å²) in [5.41, 5.74) is 2.49. The molecule has 0 radical (unpaired) electrons. The predicted octanol–water partition coefficient (Wildman–Crippen LogP) is 2.91. The van der Waals surface area contributed by atoms with Crippen LogP contribution in [-0.2, 0) is 0 Å². The number of hydrogen-bond acceptors (Lipinski definition) is 4. The highest BCUT2D eigenvalue weighted by Crippen LogP contribution is 2.20. The number of hydrogen-bond donors (Lipinski definition) is 0. The van der Waals surface area contributed by atoms with E-state index in [0.29, 0.717) is 5.57 Å². The lowest BCUT2D eigenvalue weighted by molar-refractivity contribution is 1.25. The van der Waals surface area contributed by atoms with E-state index >= 15 is 0 Å². The maximum Gasteiger partial charge on any atom is 0.134 e. The summed E-state index contributed by atoms with van der Waals surface area (Å²) in [6, 6.07) is 5.89. The number of pyridine rings is 1. The third-order valence-corrected chi connectivity index (χ3v) is 2.98. The molecule has 0 aliphatic rings. The van der Waals surface area contributed by atoms with Gasteiger partial charge in [-0.25, -0.2) is 4.98 Å². The molecule has 2 heterocycles. The Kier molecular flexibility index (Phi) is 3.08. The van der Waals surface area contributed by atoms with Gasteiger partial charge in [0, 0.05) is 23.5 Å². The third-order valence-electron chi connectivity index (χ3n) is 1.99. The van der Waals surface area contributed by atoms with Crippen LogP contribution in [0.1, 0.15) is 16.3 Å². The minimum absolute atomic E-state index is 0.587. The summed E-state index contributed by atoms with van der Waals surface area (Å²) in [5, 5.41) is 11.8. The topological polar surface area (TPSA) is 49.6 Å². The van der Waals surface area contributed by atoms with Gasteiger partial charge < -0.3 is 0 Å². The number of thiazole rings is 1. The first-order valence-electron chi connectivity index (χ1n) is 4.74. The number of rotatable bonds is 2. The molecule has 2 aromatic heterocycles. The van der Waals surface area contributed by atoms with Crippen molar-refractivity contribution in [2.75, 3.05) is 0 Å². The maximum atomic E-state index is 9.08. The Bertz CT molecular complexity index is 549. The Morgan fingerprint density at radius 1 is 1.44 bits per heavy atom. The Morgan fingerprint density at radius 3 is 2.75 bits per heavy atom. The van der Waals surface area contributed by atoms with Crippen molar-refractivity contribution < 1.29 is 0 Å².